The van der Waals surface area contributed by atoms with Crippen LogP contribution in [0.15, 0.2) is 66.7 Å². The summed E-state index contributed by atoms with van der Waals surface area (Å²) in [6, 6.07) is 21.4. The fourth-order valence-corrected chi connectivity index (χ4v) is 4.00. The van der Waals surface area contributed by atoms with Gasteiger partial charge in [0.15, 0.2) is 0 Å². The lowest BCUT2D eigenvalue weighted by Crippen LogP contribution is -2.15. The summed E-state index contributed by atoms with van der Waals surface area (Å²) in [6.07, 6.45) is 0.825. The average Bonchev–Trinajstić information content (AvgIpc) is 3.08. The number of hydrogen-bond donors (Lipinski definition) is 2. The number of carbonyl (C=O) groups is 1. The van der Waals surface area contributed by atoms with Gasteiger partial charge in [-0.3, -0.25) is 4.79 Å². The number of hydrogen-bond acceptors (Lipinski definition) is 2. The van der Waals surface area contributed by atoms with E-state index < -0.39 is 11.0 Å². The van der Waals surface area contributed by atoms with E-state index in [2.05, 4.69) is 28.2 Å². The molecule has 5 heteroatoms. The van der Waals surface area contributed by atoms with Gasteiger partial charge >= 0.3 is 0 Å². The Hall–Kier alpha value is -2.92. The summed E-state index contributed by atoms with van der Waals surface area (Å²) in [5, 5.41) is 3.07. The van der Waals surface area contributed by atoms with Crippen molar-refractivity contribution in [3.05, 3.63) is 83.4 Å². The fraction of sp³-hybridized carbons (Fsp3) is 0.174. The third kappa shape index (κ3) is 3.58. The zero-order valence-corrected chi connectivity index (χ0v) is 16.7. The molecule has 4 nitrogen and oxygen atoms in total. The number of carbonyl (C=O) groups excluding carboxylic acids is 1. The summed E-state index contributed by atoms with van der Waals surface area (Å²) in [4.78, 5) is 12.7. The van der Waals surface area contributed by atoms with Crippen LogP contribution in [0.5, 0.6) is 0 Å². The lowest BCUT2D eigenvalue weighted by molar-refractivity contribution is 0.102. The maximum atomic E-state index is 12.7. The quantitative estimate of drug-likeness (QED) is 0.504. The first-order chi connectivity index (χ1) is 13.5. The van der Waals surface area contributed by atoms with E-state index in [1.54, 1.807) is 24.3 Å². The van der Waals surface area contributed by atoms with E-state index in [0.717, 1.165) is 23.4 Å². The monoisotopic (exact) mass is 390 g/mol. The van der Waals surface area contributed by atoms with Crippen molar-refractivity contribution in [1.82, 2.24) is 0 Å². The van der Waals surface area contributed by atoms with Gasteiger partial charge in [0.25, 0.3) is 5.91 Å². The third-order valence-electron chi connectivity index (χ3n) is 4.89. The lowest BCUT2D eigenvalue weighted by Gasteiger charge is -2.12. The summed E-state index contributed by atoms with van der Waals surface area (Å²) < 4.78 is 14.8. The van der Waals surface area contributed by atoms with Crippen LogP contribution >= 0.6 is 0 Å². The van der Waals surface area contributed by atoms with E-state index in [-0.39, 0.29) is 11.2 Å². The summed E-state index contributed by atoms with van der Waals surface area (Å²) in [6.45, 7) is 3.78. The Labute approximate surface area is 167 Å². The van der Waals surface area contributed by atoms with Crippen molar-refractivity contribution >= 4 is 28.3 Å². The molecular formula is C23H22N2O2S. The van der Waals surface area contributed by atoms with Crippen molar-refractivity contribution < 1.29 is 9.00 Å². The molecule has 1 unspecified atom stereocenters. The smallest absolute Gasteiger partial charge is 0.255 e. The molecule has 1 atom stereocenters. The summed E-state index contributed by atoms with van der Waals surface area (Å²) in [5.74, 6) is -0.152. The molecule has 0 saturated heterocycles. The van der Waals surface area contributed by atoms with E-state index in [1.165, 1.54) is 16.7 Å². The Morgan fingerprint density at radius 1 is 0.929 bits per heavy atom. The molecule has 0 aromatic heterocycles. The van der Waals surface area contributed by atoms with Crippen molar-refractivity contribution in [2.75, 3.05) is 10.0 Å². The highest BCUT2D eigenvalue weighted by Crippen LogP contribution is 2.40. The van der Waals surface area contributed by atoms with Crippen LogP contribution in [-0.4, -0.2) is 15.4 Å². The average molecular weight is 391 g/mol. The van der Waals surface area contributed by atoms with Gasteiger partial charge in [0.1, 0.15) is 11.0 Å². The zero-order valence-electron chi connectivity index (χ0n) is 15.9. The van der Waals surface area contributed by atoms with Crippen LogP contribution in [0.25, 0.3) is 11.1 Å². The second-order valence-corrected chi connectivity index (χ2v) is 8.89. The van der Waals surface area contributed by atoms with E-state index in [9.17, 15) is 9.00 Å². The maximum Gasteiger partial charge on any atom is 0.255 e. The third-order valence-corrected chi connectivity index (χ3v) is 6.19. The largest absolute Gasteiger partial charge is 0.322 e. The van der Waals surface area contributed by atoms with Crippen molar-refractivity contribution in [3.8, 4) is 11.1 Å². The Morgan fingerprint density at radius 2 is 1.64 bits per heavy atom. The SMILES string of the molecule is CC(C)S(=O)Nc1ccc(C(=O)Nc2cccc3c2Cc2ccccc2-3)cc1. The molecular weight excluding hydrogens is 368 g/mol. The van der Waals surface area contributed by atoms with E-state index in [0.29, 0.717) is 5.56 Å². The van der Waals surface area contributed by atoms with Gasteiger partial charge in [-0.25, -0.2) is 4.21 Å². The molecule has 142 valence electrons. The Bertz CT molecular complexity index is 1060. The number of amides is 1. The lowest BCUT2D eigenvalue weighted by atomic mass is 10.0. The van der Waals surface area contributed by atoms with Crippen LogP contribution in [0.4, 0.5) is 11.4 Å². The molecule has 4 rings (SSSR count). The van der Waals surface area contributed by atoms with Crippen molar-refractivity contribution in [2.45, 2.75) is 25.5 Å². The predicted molar refractivity (Wildman–Crippen MR) is 116 cm³/mol. The Kier molecular flexibility index (Phi) is 5.01. The van der Waals surface area contributed by atoms with E-state index in [1.807, 2.05) is 38.1 Å². The van der Waals surface area contributed by atoms with Crippen LogP contribution < -0.4 is 10.0 Å². The minimum Gasteiger partial charge on any atom is -0.322 e. The normalized spacial score (nSPS) is 13.0. The molecule has 0 spiro atoms. The van der Waals surface area contributed by atoms with Crippen LogP contribution in [-0.2, 0) is 17.4 Å². The predicted octanol–water partition coefficient (Wildman–Crippen LogP) is 4.99. The van der Waals surface area contributed by atoms with Gasteiger partial charge < -0.3 is 10.0 Å². The van der Waals surface area contributed by atoms with Crippen LogP contribution in [0.3, 0.4) is 0 Å². The van der Waals surface area contributed by atoms with E-state index >= 15 is 0 Å². The first-order valence-corrected chi connectivity index (χ1v) is 10.5. The molecule has 0 fully saturated rings. The van der Waals surface area contributed by atoms with Gasteiger partial charge in [0.05, 0.1) is 0 Å². The van der Waals surface area contributed by atoms with Gasteiger partial charge in [-0.1, -0.05) is 36.4 Å². The highest BCUT2D eigenvalue weighted by Gasteiger charge is 2.21. The molecule has 28 heavy (non-hydrogen) atoms. The Morgan fingerprint density at radius 3 is 2.39 bits per heavy atom. The number of rotatable bonds is 5. The van der Waals surface area contributed by atoms with Crippen molar-refractivity contribution in [3.63, 3.8) is 0 Å². The van der Waals surface area contributed by atoms with Crippen molar-refractivity contribution in [1.29, 1.82) is 0 Å². The molecule has 0 radical (unpaired) electrons. The number of nitrogens with one attached hydrogen (secondary N) is 2. The Balaban J connectivity index is 1.52. The zero-order chi connectivity index (χ0) is 19.7. The van der Waals surface area contributed by atoms with Crippen molar-refractivity contribution in [2.24, 2.45) is 0 Å². The molecule has 2 N–H and O–H groups in total. The molecule has 3 aromatic carbocycles. The molecule has 0 bridgehead atoms. The van der Waals surface area contributed by atoms with Crippen LogP contribution in [0, 0.1) is 0 Å². The van der Waals surface area contributed by atoms with Crippen LogP contribution in [0.1, 0.15) is 35.3 Å². The fourth-order valence-electron chi connectivity index (χ4n) is 3.39. The van der Waals surface area contributed by atoms with E-state index in [4.69, 9.17) is 0 Å². The van der Waals surface area contributed by atoms with Gasteiger partial charge in [-0.15, -0.1) is 0 Å². The molecule has 0 heterocycles. The number of benzene rings is 3. The summed E-state index contributed by atoms with van der Waals surface area (Å²) in [5.41, 5.74) is 7.01. The summed E-state index contributed by atoms with van der Waals surface area (Å²) >= 11 is 0. The second-order valence-electron chi connectivity index (χ2n) is 7.15. The van der Waals surface area contributed by atoms with Gasteiger partial charge in [0, 0.05) is 28.6 Å². The highest BCUT2D eigenvalue weighted by molar-refractivity contribution is 7.86. The highest BCUT2D eigenvalue weighted by atomic mass is 32.2. The molecule has 0 aliphatic heterocycles. The first kappa shape index (κ1) is 18.4. The number of anilines is 2. The van der Waals surface area contributed by atoms with Gasteiger partial charge in [-0.05, 0) is 66.4 Å². The standard InChI is InChI=1S/C23H22N2O2S/c1-15(2)28(27)25-18-12-10-16(11-13-18)23(26)24-22-9-5-8-20-19-7-4-3-6-17(19)14-21(20)22/h3-13,15,25H,14H2,1-2H3,(H,24,26). The van der Waals surface area contributed by atoms with Gasteiger partial charge in [0.2, 0.25) is 0 Å². The maximum absolute atomic E-state index is 12.7. The molecule has 0 saturated carbocycles. The minimum atomic E-state index is -1.14. The topological polar surface area (TPSA) is 58.2 Å². The molecule has 1 aliphatic rings. The van der Waals surface area contributed by atoms with Crippen LogP contribution in [0.2, 0.25) is 0 Å². The summed E-state index contributed by atoms with van der Waals surface area (Å²) in [7, 11) is -1.14. The molecule has 1 aliphatic carbocycles. The molecule has 3 aromatic rings. The van der Waals surface area contributed by atoms with Gasteiger partial charge in [-0.2, -0.15) is 0 Å². The number of fused-ring (bicyclic) bond motifs is 3. The first-order valence-electron chi connectivity index (χ1n) is 9.32. The second kappa shape index (κ2) is 7.60. The minimum absolute atomic E-state index is 0.0206. The molecule has 1 amide bonds.